The Labute approximate surface area is 112 Å². The van der Waals surface area contributed by atoms with Crippen LogP contribution < -0.4 is 0 Å². The molecule has 1 heterocycles. The summed E-state index contributed by atoms with van der Waals surface area (Å²) in [5.74, 6) is -0.251. The van der Waals surface area contributed by atoms with Crippen molar-refractivity contribution in [2.45, 2.75) is 32.8 Å². The summed E-state index contributed by atoms with van der Waals surface area (Å²) in [6.45, 7) is 5.43. The molecule has 0 amide bonds. The van der Waals surface area contributed by atoms with Gasteiger partial charge in [-0.1, -0.05) is 6.08 Å². The van der Waals surface area contributed by atoms with Gasteiger partial charge in [0.15, 0.2) is 0 Å². The lowest BCUT2D eigenvalue weighted by Crippen LogP contribution is -2.23. The minimum absolute atomic E-state index is 0.124. The third-order valence-electron chi connectivity index (χ3n) is 2.00. The summed E-state index contributed by atoms with van der Waals surface area (Å²) in [5.41, 5.74) is -0.492. The molecule has 0 fully saturated rings. The maximum absolute atomic E-state index is 11.4. The van der Waals surface area contributed by atoms with Crippen LogP contribution >= 0.6 is 0 Å². The first kappa shape index (κ1) is 15.0. The molecule has 1 rings (SSSR count). The molecule has 0 unspecified atom stereocenters. The van der Waals surface area contributed by atoms with Gasteiger partial charge in [0.05, 0.1) is 13.5 Å². The summed E-state index contributed by atoms with van der Waals surface area (Å²) in [6.07, 6.45) is 3.37. The van der Waals surface area contributed by atoms with Gasteiger partial charge in [0, 0.05) is 0 Å². The largest absolute Gasteiger partial charge is 0.463 e. The van der Waals surface area contributed by atoms with E-state index in [-0.39, 0.29) is 18.2 Å². The van der Waals surface area contributed by atoms with Gasteiger partial charge in [-0.15, -0.1) is 0 Å². The number of ether oxygens (including phenoxy) is 2. The Balaban J connectivity index is 2.51. The monoisotopic (exact) mass is 266 g/mol. The van der Waals surface area contributed by atoms with E-state index in [2.05, 4.69) is 4.74 Å². The Morgan fingerprint density at radius 3 is 2.58 bits per heavy atom. The van der Waals surface area contributed by atoms with Crippen LogP contribution in [0.25, 0.3) is 6.08 Å². The molecule has 0 spiro atoms. The van der Waals surface area contributed by atoms with Gasteiger partial charge in [-0.05, 0) is 39.0 Å². The standard InChI is InChI=1S/C14H18O5/c1-14(2,3)19-12(15)7-5-6-10-8-9-11(18-10)13(16)17-4/h5-6,8-9H,7H2,1-4H3. The van der Waals surface area contributed by atoms with Crippen molar-refractivity contribution in [3.63, 3.8) is 0 Å². The van der Waals surface area contributed by atoms with Crippen LogP contribution in [0.2, 0.25) is 0 Å². The second-order valence-corrected chi connectivity index (χ2v) is 4.89. The summed E-state index contributed by atoms with van der Waals surface area (Å²) < 4.78 is 14.9. The average Bonchev–Trinajstić information content (AvgIpc) is 2.74. The highest BCUT2D eigenvalue weighted by atomic mass is 16.6. The summed E-state index contributed by atoms with van der Waals surface area (Å²) in [6, 6.07) is 3.14. The molecular formula is C14H18O5. The Morgan fingerprint density at radius 2 is 2.00 bits per heavy atom. The van der Waals surface area contributed by atoms with Gasteiger partial charge >= 0.3 is 11.9 Å². The second-order valence-electron chi connectivity index (χ2n) is 4.89. The molecule has 1 aromatic rings. The molecule has 5 nitrogen and oxygen atoms in total. The van der Waals surface area contributed by atoms with Crippen molar-refractivity contribution in [1.82, 2.24) is 0 Å². The van der Waals surface area contributed by atoms with Gasteiger partial charge in [-0.2, -0.15) is 0 Å². The highest BCUT2D eigenvalue weighted by molar-refractivity contribution is 5.86. The molecule has 0 aliphatic rings. The van der Waals surface area contributed by atoms with E-state index in [0.29, 0.717) is 5.76 Å². The molecule has 0 radical (unpaired) electrons. The molecule has 0 aromatic carbocycles. The first-order chi connectivity index (χ1) is 8.81. The second kappa shape index (κ2) is 6.22. The molecule has 5 heteroatoms. The number of rotatable bonds is 4. The van der Waals surface area contributed by atoms with E-state index in [1.165, 1.54) is 13.2 Å². The van der Waals surface area contributed by atoms with E-state index >= 15 is 0 Å². The van der Waals surface area contributed by atoms with Gasteiger partial charge in [-0.3, -0.25) is 4.79 Å². The predicted octanol–water partition coefficient (Wildman–Crippen LogP) is 2.81. The first-order valence-corrected chi connectivity index (χ1v) is 5.88. The Hall–Kier alpha value is -2.04. The van der Waals surface area contributed by atoms with Crippen LogP contribution in [0.1, 0.15) is 43.5 Å². The fraction of sp³-hybridized carbons (Fsp3) is 0.429. The van der Waals surface area contributed by atoms with Crippen LogP contribution in [-0.4, -0.2) is 24.6 Å². The van der Waals surface area contributed by atoms with E-state index < -0.39 is 11.6 Å². The first-order valence-electron chi connectivity index (χ1n) is 5.88. The van der Waals surface area contributed by atoms with E-state index in [1.54, 1.807) is 18.2 Å². The predicted molar refractivity (Wildman–Crippen MR) is 69.5 cm³/mol. The lowest BCUT2D eigenvalue weighted by molar-refractivity contribution is -0.153. The highest BCUT2D eigenvalue weighted by Crippen LogP contribution is 2.12. The fourth-order valence-corrected chi connectivity index (χ4v) is 1.31. The molecule has 0 saturated heterocycles. The summed E-state index contributed by atoms with van der Waals surface area (Å²) >= 11 is 0. The maximum atomic E-state index is 11.4. The van der Waals surface area contributed by atoms with E-state index in [0.717, 1.165) is 0 Å². The molecule has 0 atom stereocenters. The molecular weight excluding hydrogens is 248 g/mol. The number of carbonyl (C=O) groups is 2. The minimum Gasteiger partial charge on any atom is -0.463 e. The molecule has 0 saturated carbocycles. The van der Waals surface area contributed by atoms with Crippen molar-refractivity contribution in [3.05, 3.63) is 29.7 Å². The summed E-state index contributed by atoms with van der Waals surface area (Å²) in [5, 5.41) is 0. The number of esters is 2. The van der Waals surface area contributed by atoms with E-state index in [4.69, 9.17) is 9.15 Å². The van der Waals surface area contributed by atoms with Crippen molar-refractivity contribution in [1.29, 1.82) is 0 Å². The number of furan rings is 1. The Kier molecular flexibility index (Phi) is 4.92. The van der Waals surface area contributed by atoms with Crippen molar-refractivity contribution in [3.8, 4) is 0 Å². The van der Waals surface area contributed by atoms with Gasteiger partial charge in [-0.25, -0.2) is 4.79 Å². The SMILES string of the molecule is COC(=O)c1ccc(C=CCC(=O)OC(C)(C)C)o1. The summed E-state index contributed by atoms with van der Waals surface area (Å²) in [4.78, 5) is 22.6. The molecule has 0 aliphatic heterocycles. The molecule has 104 valence electrons. The molecule has 0 aliphatic carbocycles. The zero-order valence-corrected chi connectivity index (χ0v) is 11.6. The Morgan fingerprint density at radius 1 is 1.32 bits per heavy atom. The van der Waals surface area contributed by atoms with Gasteiger partial charge < -0.3 is 13.9 Å². The zero-order chi connectivity index (χ0) is 14.5. The Bertz CT molecular complexity index is 476. The molecule has 0 N–H and O–H groups in total. The van der Waals surface area contributed by atoms with Crippen LogP contribution in [0.5, 0.6) is 0 Å². The highest BCUT2D eigenvalue weighted by Gasteiger charge is 2.15. The van der Waals surface area contributed by atoms with Gasteiger partial charge in [0.2, 0.25) is 5.76 Å². The van der Waals surface area contributed by atoms with Crippen LogP contribution in [0.3, 0.4) is 0 Å². The normalized spacial score (nSPS) is 11.6. The molecule has 19 heavy (non-hydrogen) atoms. The lowest BCUT2D eigenvalue weighted by atomic mass is 10.2. The van der Waals surface area contributed by atoms with Gasteiger partial charge in [0.25, 0.3) is 0 Å². The number of methoxy groups -OCH3 is 1. The quantitative estimate of drug-likeness (QED) is 0.784. The van der Waals surface area contributed by atoms with Crippen molar-refractivity contribution in [2.24, 2.45) is 0 Å². The topological polar surface area (TPSA) is 65.7 Å². The number of carbonyl (C=O) groups excluding carboxylic acids is 2. The van der Waals surface area contributed by atoms with Crippen LogP contribution in [0.4, 0.5) is 0 Å². The van der Waals surface area contributed by atoms with Crippen molar-refractivity contribution in [2.75, 3.05) is 7.11 Å². The van der Waals surface area contributed by atoms with Crippen molar-refractivity contribution < 1.29 is 23.5 Å². The summed E-state index contributed by atoms with van der Waals surface area (Å²) in [7, 11) is 1.28. The molecule has 1 aromatic heterocycles. The van der Waals surface area contributed by atoms with Crippen LogP contribution in [0, 0.1) is 0 Å². The lowest BCUT2D eigenvalue weighted by Gasteiger charge is -2.18. The smallest absolute Gasteiger partial charge is 0.373 e. The number of hydrogen-bond donors (Lipinski definition) is 0. The van der Waals surface area contributed by atoms with E-state index in [9.17, 15) is 9.59 Å². The fourth-order valence-electron chi connectivity index (χ4n) is 1.31. The third-order valence-corrected chi connectivity index (χ3v) is 2.00. The minimum atomic E-state index is -0.535. The number of hydrogen-bond acceptors (Lipinski definition) is 5. The van der Waals surface area contributed by atoms with Gasteiger partial charge in [0.1, 0.15) is 11.4 Å². The third kappa shape index (κ3) is 5.42. The van der Waals surface area contributed by atoms with E-state index in [1.807, 2.05) is 20.8 Å². The maximum Gasteiger partial charge on any atom is 0.373 e. The zero-order valence-electron chi connectivity index (χ0n) is 11.6. The van der Waals surface area contributed by atoms with Crippen molar-refractivity contribution >= 4 is 18.0 Å². The molecule has 0 bridgehead atoms. The van der Waals surface area contributed by atoms with Crippen LogP contribution in [-0.2, 0) is 14.3 Å². The van der Waals surface area contributed by atoms with Crippen LogP contribution in [0.15, 0.2) is 22.6 Å². The average molecular weight is 266 g/mol.